The number of aryl methyl sites for hydroxylation is 1. The van der Waals surface area contributed by atoms with Gasteiger partial charge in [-0.1, -0.05) is 0 Å². The topological polar surface area (TPSA) is 90.0 Å². The Morgan fingerprint density at radius 1 is 1.40 bits per heavy atom. The average molecular weight is 274 g/mol. The maximum atomic E-state index is 12.4. The molecule has 0 bridgehead atoms. The first kappa shape index (κ1) is 12.6. The van der Waals surface area contributed by atoms with Crippen LogP contribution in [0.3, 0.4) is 0 Å². The summed E-state index contributed by atoms with van der Waals surface area (Å²) in [4.78, 5) is 27.7. The van der Waals surface area contributed by atoms with Crippen LogP contribution < -0.4 is 5.56 Å². The number of hydrogen-bond acceptors (Lipinski definition) is 4. The fourth-order valence-corrected chi connectivity index (χ4v) is 2.36. The van der Waals surface area contributed by atoms with E-state index in [0.717, 1.165) is 12.8 Å². The third-order valence-electron chi connectivity index (χ3n) is 3.50. The maximum absolute atomic E-state index is 12.4. The summed E-state index contributed by atoms with van der Waals surface area (Å²) < 4.78 is 2.96. The van der Waals surface area contributed by atoms with Gasteiger partial charge in [-0.05, 0) is 26.7 Å². The van der Waals surface area contributed by atoms with E-state index in [1.54, 1.807) is 30.8 Å². The van der Waals surface area contributed by atoms with E-state index in [1.807, 2.05) is 0 Å². The summed E-state index contributed by atoms with van der Waals surface area (Å²) in [7, 11) is 0. The van der Waals surface area contributed by atoms with Gasteiger partial charge in [-0.25, -0.2) is 14.5 Å². The second kappa shape index (κ2) is 4.29. The van der Waals surface area contributed by atoms with Gasteiger partial charge in [-0.3, -0.25) is 4.79 Å². The molecule has 0 unspecified atom stereocenters. The minimum atomic E-state index is -1.05. The molecule has 7 heteroatoms. The molecule has 1 aliphatic rings. The molecule has 20 heavy (non-hydrogen) atoms. The Bertz CT molecular complexity index is 755. The average Bonchev–Trinajstić information content (AvgIpc) is 3.16. The monoisotopic (exact) mass is 274 g/mol. The zero-order valence-corrected chi connectivity index (χ0v) is 11.2. The summed E-state index contributed by atoms with van der Waals surface area (Å²) in [6, 6.07) is 0.236. The van der Waals surface area contributed by atoms with Crippen LogP contribution in [0, 0.1) is 13.8 Å². The number of aromatic nitrogens is 4. The van der Waals surface area contributed by atoms with Crippen molar-refractivity contribution in [3.8, 4) is 5.82 Å². The number of carboxylic acid groups (broad SMARTS) is 1. The van der Waals surface area contributed by atoms with Gasteiger partial charge < -0.3 is 9.67 Å². The highest BCUT2D eigenvalue weighted by Gasteiger charge is 2.27. The van der Waals surface area contributed by atoms with Gasteiger partial charge in [-0.2, -0.15) is 5.10 Å². The highest BCUT2D eigenvalue weighted by Crippen LogP contribution is 2.33. The van der Waals surface area contributed by atoms with E-state index in [4.69, 9.17) is 0 Å². The minimum Gasteiger partial charge on any atom is -0.478 e. The molecule has 7 nitrogen and oxygen atoms in total. The van der Waals surface area contributed by atoms with Gasteiger partial charge in [0, 0.05) is 18.4 Å². The molecule has 0 radical (unpaired) electrons. The number of hydrogen-bond donors (Lipinski definition) is 1. The second-order valence-corrected chi connectivity index (χ2v) is 4.96. The standard InChI is InChI=1S/C13H14N4O3/c1-7-10(13(19)20)8(2)17(15-7)11-12(18)16(6-5-14-11)9-3-4-9/h5-6,9H,3-4H2,1-2H3,(H,19,20). The Morgan fingerprint density at radius 3 is 2.65 bits per heavy atom. The van der Waals surface area contributed by atoms with Crippen LogP contribution in [0.5, 0.6) is 0 Å². The van der Waals surface area contributed by atoms with Crippen LogP contribution in [0.2, 0.25) is 0 Å². The van der Waals surface area contributed by atoms with Crippen LogP contribution >= 0.6 is 0 Å². The smallest absolute Gasteiger partial charge is 0.339 e. The first-order chi connectivity index (χ1) is 9.50. The van der Waals surface area contributed by atoms with Gasteiger partial charge in [0.15, 0.2) is 0 Å². The van der Waals surface area contributed by atoms with Crippen molar-refractivity contribution in [3.63, 3.8) is 0 Å². The zero-order valence-electron chi connectivity index (χ0n) is 11.2. The molecule has 0 amide bonds. The van der Waals surface area contributed by atoms with Crippen LogP contribution in [-0.2, 0) is 0 Å². The van der Waals surface area contributed by atoms with Crippen LogP contribution in [-0.4, -0.2) is 30.4 Å². The Labute approximate surface area is 114 Å². The van der Waals surface area contributed by atoms with Crippen molar-refractivity contribution < 1.29 is 9.90 Å². The lowest BCUT2D eigenvalue weighted by molar-refractivity contribution is 0.0695. The molecule has 2 heterocycles. The molecule has 0 aliphatic heterocycles. The van der Waals surface area contributed by atoms with E-state index in [1.165, 1.54) is 4.68 Å². The summed E-state index contributed by atoms with van der Waals surface area (Å²) in [5.41, 5.74) is 0.664. The van der Waals surface area contributed by atoms with Gasteiger partial charge in [-0.15, -0.1) is 0 Å². The minimum absolute atomic E-state index is 0.119. The van der Waals surface area contributed by atoms with Crippen molar-refractivity contribution in [2.75, 3.05) is 0 Å². The molecule has 2 aromatic heterocycles. The molecule has 0 atom stereocenters. The predicted molar refractivity (Wildman–Crippen MR) is 70.3 cm³/mol. The normalized spacial score (nSPS) is 14.5. The van der Waals surface area contributed by atoms with Crippen molar-refractivity contribution in [2.24, 2.45) is 0 Å². The SMILES string of the molecule is Cc1nn(-c2nccn(C3CC3)c2=O)c(C)c1C(=O)O. The highest BCUT2D eigenvalue weighted by molar-refractivity contribution is 5.90. The molecule has 1 fully saturated rings. The molecule has 0 aromatic carbocycles. The van der Waals surface area contributed by atoms with Gasteiger partial charge in [0.2, 0.25) is 5.82 Å². The summed E-state index contributed by atoms with van der Waals surface area (Å²) >= 11 is 0. The summed E-state index contributed by atoms with van der Waals surface area (Å²) in [6.07, 6.45) is 5.18. The van der Waals surface area contributed by atoms with Gasteiger partial charge in [0.1, 0.15) is 5.56 Å². The number of rotatable bonds is 3. The Hall–Kier alpha value is -2.44. The Kier molecular flexibility index (Phi) is 2.70. The lowest BCUT2D eigenvalue weighted by atomic mass is 10.2. The molecule has 2 aromatic rings. The second-order valence-electron chi connectivity index (χ2n) is 4.96. The fourth-order valence-electron chi connectivity index (χ4n) is 2.36. The number of carbonyl (C=O) groups is 1. The molecule has 1 saturated carbocycles. The Morgan fingerprint density at radius 2 is 2.10 bits per heavy atom. The molecule has 3 rings (SSSR count). The molecular formula is C13H14N4O3. The third-order valence-corrected chi connectivity index (χ3v) is 3.50. The van der Waals surface area contributed by atoms with Crippen molar-refractivity contribution in [2.45, 2.75) is 32.7 Å². The first-order valence-electron chi connectivity index (χ1n) is 6.37. The molecule has 1 N–H and O–H groups in total. The zero-order chi connectivity index (χ0) is 14.4. The predicted octanol–water partition coefficient (Wildman–Crippen LogP) is 1.08. The van der Waals surface area contributed by atoms with E-state index < -0.39 is 5.97 Å². The van der Waals surface area contributed by atoms with Crippen LogP contribution in [0.25, 0.3) is 5.82 Å². The molecule has 1 aliphatic carbocycles. The summed E-state index contributed by atoms with van der Waals surface area (Å²) in [5.74, 6) is -0.905. The quantitative estimate of drug-likeness (QED) is 0.904. The van der Waals surface area contributed by atoms with E-state index in [9.17, 15) is 14.7 Å². The van der Waals surface area contributed by atoms with E-state index >= 15 is 0 Å². The molecule has 0 spiro atoms. The summed E-state index contributed by atoms with van der Waals surface area (Å²) in [5, 5.41) is 13.3. The van der Waals surface area contributed by atoms with Gasteiger partial charge in [0.05, 0.1) is 11.4 Å². The number of aromatic carboxylic acids is 1. The van der Waals surface area contributed by atoms with E-state index in [-0.39, 0.29) is 23.0 Å². The van der Waals surface area contributed by atoms with Crippen molar-refractivity contribution in [1.29, 1.82) is 0 Å². The van der Waals surface area contributed by atoms with Crippen LogP contribution in [0.4, 0.5) is 0 Å². The molecule has 0 saturated heterocycles. The van der Waals surface area contributed by atoms with Crippen molar-refractivity contribution >= 4 is 5.97 Å². The molecule has 104 valence electrons. The van der Waals surface area contributed by atoms with Crippen molar-refractivity contribution in [3.05, 3.63) is 39.7 Å². The fraction of sp³-hybridized carbons (Fsp3) is 0.385. The van der Waals surface area contributed by atoms with E-state index in [0.29, 0.717) is 11.4 Å². The lowest BCUT2D eigenvalue weighted by Crippen LogP contribution is -2.25. The van der Waals surface area contributed by atoms with Crippen LogP contribution in [0.15, 0.2) is 17.2 Å². The van der Waals surface area contributed by atoms with E-state index in [2.05, 4.69) is 10.1 Å². The third kappa shape index (κ3) is 1.82. The molecular weight excluding hydrogens is 260 g/mol. The van der Waals surface area contributed by atoms with Gasteiger partial charge >= 0.3 is 5.97 Å². The lowest BCUT2D eigenvalue weighted by Gasteiger charge is -2.07. The maximum Gasteiger partial charge on any atom is 0.339 e. The van der Waals surface area contributed by atoms with Crippen LogP contribution in [0.1, 0.15) is 40.6 Å². The van der Waals surface area contributed by atoms with Gasteiger partial charge in [0.25, 0.3) is 5.56 Å². The van der Waals surface area contributed by atoms with Crippen molar-refractivity contribution in [1.82, 2.24) is 19.3 Å². The number of carboxylic acids is 1. The highest BCUT2D eigenvalue weighted by atomic mass is 16.4. The Balaban J connectivity index is 2.19. The summed E-state index contributed by atoms with van der Waals surface area (Å²) in [6.45, 7) is 3.23. The number of nitrogens with zero attached hydrogens (tertiary/aromatic N) is 4. The largest absolute Gasteiger partial charge is 0.478 e. The first-order valence-corrected chi connectivity index (χ1v) is 6.37.